The number of fused-ring (bicyclic) bond motifs is 2. The minimum atomic E-state index is 1.04. The molecule has 0 aliphatic heterocycles. The van der Waals surface area contributed by atoms with E-state index in [0.717, 1.165) is 46.6 Å². The van der Waals surface area contributed by atoms with E-state index in [4.69, 9.17) is 9.97 Å². The number of aryl methyl sites for hydroxylation is 4. The van der Waals surface area contributed by atoms with E-state index >= 15 is 0 Å². The van der Waals surface area contributed by atoms with Crippen LogP contribution in [0, 0.1) is 13.8 Å². The third-order valence-electron chi connectivity index (χ3n) is 5.35. The lowest BCUT2D eigenvalue weighted by Gasteiger charge is -2.00. The van der Waals surface area contributed by atoms with Gasteiger partial charge in [-0.1, -0.05) is 43.5 Å². The van der Waals surface area contributed by atoms with Gasteiger partial charge in [-0.05, 0) is 49.9 Å². The van der Waals surface area contributed by atoms with Crippen LogP contribution >= 0.6 is 0 Å². The number of para-hydroxylation sites is 2. The lowest BCUT2D eigenvalue weighted by Crippen LogP contribution is -1.91. The molecule has 0 aliphatic rings. The Morgan fingerprint density at radius 3 is 1.52 bits per heavy atom. The van der Waals surface area contributed by atoms with Crippen molar-refractivity contribution in [1.82, 2.24) is 19.9 Å². The molecule has 2 N–H and O–H groups in total. The van der Waals surface area contributed by atoms with Crippen molar-refractivity contribution in [2.24, 2.45) is 0 Å². The summed E-state index contributed by atoms with van der Waals surface area (Å²) < 4.78 is 0. The van der Waals surface area contributed by atoms with Crippen LogP contribution in [0.2, 0.25) is 0 Å². The van der Waals surface area contributed by atoms with Crippen LogP contribution in [0.15, 0.2) is 36.4 Å². The minimum Gasteiger partial charge on any atom is -0.342 e. The zero-order valence-electron chi connectivity index (χ0n) is 16.3. The van der Waals surface area contributed by atoms with Gasteiger partial charge >= 0.3 is 0 Å². The first-order valence-electron chi connectivity index (χ1n) is 10.1. The maximum Gasteiger partial charge on any atom is 0.107 e. The summed E-state index contributed by atoms with van der Waals surface area (Å²) in [7, 11) is 0. The number of imidazole rings is 2. The van der Waals surface area contributed by atoms with E-state index in [9.17, 15) is 0 Å². The van der Waals surface area contributed by atoms with E-state index in [0.29, 0.717) is 0 Å². The fraction of sp³-hybridized carbons (Fsp3) is 0.391. The van der Waals surface area contributed by atoms with Crippen LogP contribution in [0.5, 0.6) is 0 Å². The first-order chi connectivity index (χ1) is 13.2. The van der Waals surface area contributed by atoms with Crippen molar-refractivity contribution >= 4 is 22.1 Å². The molecular formula is C23H28N4. The zero-order chi connectivity index (χ0) is 18.6. The third kappa shape index (κ3) is 4.05. The van der Waals surface area contributed by atoms with Crippen LogP contribution < -0.4 is 0 Å². The molecule has 4 heteroatoms. The van der Waals surface area contributed by atoms with Crippen LogP contribution in [-0.2, 0) is 12.8 Å². The Morgan fingerprint density at radius 2 is 1.07 bits per heavy atom. The van der Waals surface area contributed by atoms with Gasteiger partial charge in [0, 0.05) is 12.8 Å². The summed E-state index contributed by atoms with van der Waals surface area (Å²) in [4.78, 5) is 16.4. The predicted octanol–water partition coefficient (Wildman–Crippen LogP) is 5.79. The van der Waals surface area contributed by atoms with Crippen molar-refractivity contribution in [1.29, 1.82) is 0 Å². The molecule has 140 valence electrons. The summed E-state index contributed by atoms with van der Waals surface area (Å²) in [6.07, 6.45) is 8.27. The number of H-pyrrole nitrogens is 2. The molecule has 0 unspecified atom stereocenters. The van der Waals surface area contributed by atoms with E-state index in [1.165, 1.54) is 43.2 Å². The molecule has 0 radical (unpaired) electrons. The summed E-state index contributed by atoms with van der Waals surface area (Å²) in [5.74, 6) is 2.24. The summed E-state index contributed by atoms with van der Waals surface area (Å²) >= 11 is 0. The molecule has 2 heterocycles. The van der Waals surface area contributed by atoms with Crippen LogP contribution in [0.25, 0.3) is 22.1 Å². The quantitative estimate of drug-likeness (QED) is 0.391. The highest BCUT2D eigenvalue weighted by atomic mass is 14.9. The van der Waals surface area contributed by atoms with Crippen LogP contribution in [0.1, 0.15) is 54.9 Å². The Balaban J connectivity index is 1.18. The van der Waals surface area contributed by atoms with E-state index in [2.05, 4.69) is 60.2 Å². The number of unbranched alkanes of at least 4 members (excludes halogenated alkanes) is 4. The largest absolute Gasteiger partial charge is 0.342 e. The summed E-state index contributed by atoms with van der Waals surface area (Å²) in [6, 6.07) is 12.6. The van der Waals surface area contributed by atoms with Crippen molar-refractivity contribution in [3.63, 3.8) is 0 Å². The Bertz CT molecular complexity index is 957. The van der Waals surface area contributed by atoms with E-state index in [-0.39, 0.29) is 0 Å². The normalized spacial score (nSPS) is 11.6. The zero-order valence-corrected chi connectivity index (χ0v) is 16.3. The first-order valence-corrected chi connectivity index (χ1v) is 10.1. The molecule has 4 nitrogen and oxygen atoms in total. The Labute approximate surface area is 160 Å². The fourth-order valence-corrected chi connectivity index (χ4v) is 3.81. The highest BCUT2D eigenvalue weighted by Crippen LogP contribution is 2.18. The average molecular weight is 361 g/mol. The smallest absolute Gasteiger partial charge is 0.107 e. The number of hydrogen-bond donors (Lipinski definition) is 2. The molecule has 0 spiro atoms. The fourth-order valence-electron chi connectivity index (χ4n) is 3.81. The molecule has 4 aromatic rings. The second-order valence-electron chi connectivity index (χ2n) is 7.58. The van der Waals surface area contributed by atoms with Crippen LogP contribution in [-0.4, -0.2) is 19.9 Å². The maximum atomic E-state index is 4.75. The van der Waals surface area contributed by atoms with Gasteiger partial charge in [0.15, 0.2) is 0 Å². The first kappa shape index (κ1) is 17.8. The summed E-state index contributed by atoms with van der Waals surface area (Å²) in [6.45, 7) is 4.24. The van der Waals surface area contributed by atoms with Gasteiger partial charge in [0.2, 0.25) is 0 Å². The number of aromatic nitrogens is 4. The van der Waals surface area contributed by atoms with Gasteiger partial charge in [-0.15, -0.1) is 0 Å². The number of aromatic amines is 2. The van der Waals surface area contributed by atoms with Crippen molar-refractivity contribution in [3.8, 4) is 0 Å². The minimum absolute atomic E-state index is 1.04. The maximum absolute atomic E-state index is 4.75. The molecule has 27 heavy (non-hydrogen) atoms. The molecule has 4 rings (SSSR count). The highest BCUT2D eigenvalue weighted by molar-refractivity contribution is 5.79. The Kier molecular flexibility index (Phi) is 5.23. The monoisotopic (exact) mass is 360 g/mol. The average Bonchev–Trinajstić information content (AvgIpc) is 3.26. The molecule has 0 amide bonds. The molecular weight excluding hydrogens is 332 g/mol. The lowest BCUT2D eigenvalue weighted by molar-refractivity contribution is 0.603. The Morgan fingerprint density at radius 1 is 0.630 bits per heavy atom. The number of benzene rings is 2. The third-order valence-corrected chi connectivity index (χ3v) is 5.35. The number of nitrogens with zero attached hydrogens (tertiary/aromatic N) is 2. The highest BCUT2D eigenvalue weighted by Gasteiger charge is 2.06. The SMILES string of the molecule is Cc1cccc2[nH]c(CCCCCCCc3nc4c(C)cccc4[nH]3)nc12. The standard InChI is InChI=1S/C23H28N4/c1-16-10-8-12-18-22(16)26-20(24-18)14-6-4-3-5-7-15-21-25-19-13-9-11-17(2)23(19)27-21/h8-13H,3-7,14-15H2,1-2H3,(H,24,26)(H,25,27). The number of rotatable bonds is 8. The second-order valence-corrected chi connectivity index (χ2v) is 7.58. The van der Waals surface area contributed by atoms with Crippen LogP contribution in [0.4, 0.5) is 0 Å². The van der Waals surface area contributed by atoms with E-state index in [1.807, 2.05) is 0 Å². The molecule has 0 bridgehead atoms. The van der Waals surface area contributed by atoms with Gasteiger partial charge < -0.3 is 9.97 Å². The Hall–Kier alpha value is -2.62. The van der Waals surface area contributed by atoms with E-state index < -0.39 is 0 Å². The van der Waals surface area contributed by atoms with Crippen molar-refractivity contribution in [2.45, 2.75) is 58.8 Å². The molecule has 0 saturated carbocycles. The van der Waals surface area contributed by atoms with Gasteiger partial charge in [0.05, 0.1) is 22.1 Å². The van der Waals surface area contributed by atoms with E-state index in [1.54, 1.807) is 0 Å². The predicted molar refractivity (Wildman–Crippen MR) is 112 cm³/mol. The summed E-state index contributed by atoms with van der Waals surface area (Å²) in [5.41, 5.74) is 7.05. The molecule has 0 aliphatic carbocycles. The van der Waals surface area contributed by atoms with Gasteiger partial charge in [0.1, 0.15) is 11.6 Å². The molecule has 0 atom stereocenters. The number of nitrogens with one attached hydrogen (secondary N) is 2. The molecule has 2 aromatic heterocycles. The van der Waals surface area contributed by atoms with Crippen LogP contribution in [0.3, 0.4) is 0 Å². The van der Waals surface area contributed by atoms with Crippen molar-refractivity contribution in [2.75, 3.05) is 0 Å². The molecule has 0 fully saturated rings. The molecule has 0 saturated heterocycles. The second kappa shape index (κ2) is 7.95. The topological polar surface area (TPSA) is 57.4 Å². The van der Waals surface area contributed by atoms with Crippen molar-refractivity contribution < 1.29 is 0 Å². The lowest BCUT2D eigenvalue weighted by atomic mass is 10.1. The van der Waals surface area contributed by atoms with Gasteiger partial charge in [-0.3, -0.25) is 0 Å². The molecule has 2 aromatic carbocycles. The van der Waals surface area contributed by atoms with Crippen molar-refractivity contribution in [3.05, 3.63) is 59.2 Å². The number of hydrogen-bond acceptors (Lipinski definition) is 2. The van der Waals surface area contributed by atoms with Gasteiger partial charge in [-0.2, -0.15) is 0 Å². The van der Waals surface area contributed by atoms with Gasteiger partial charge in [-0.25, -0.2) is 9.97 Å². The summed E-state index contributed by atoms with van der Waals surface area (Å²) in [5, 5.41) is 0. The van der Waals surface area contributed by atoms with Gasteiger partial charge in [0.25, 0.3) is 0 Å².